The molecule has 1 rings (SSSR count). The van der Waals surface area contributed by atoms with Gasteiger partial charge in [-0.3, -0.25) is 4.79 Å². The topological polar surface area (TPSA) is 80.5 Å². The van der Waals surface area contributed by atoms with E-state index in [0.29, 0.717) is 43.8 Å². The van der Waals surface area contributed by atoms with E-state index in [1.54, 1.807) is 11.9 Å². The Labute approximate surface area is 138 Å². The molecule has 128 valence electrons. The highest BCUT2D eigenvalue weighted by Crippen LogP contribution is 2.15. The number of nitrogens with one attached hydrogen (secondary N) is 1. The van der Waals surface area contributed by atoms with Crippen molar-refractivity contribution in [2.45, 2.75) is 39.8 Å². The van der Waals surface area contributed by atoms with Crippen molar-refractivity contribution in [2.24, 2.45) is 5.92 Å². The van der Waals surface area contributed by atoms with E-state index in [-0.39, 0.29) is 24.4 Å². The Morgan fingerprint density at radius 3 is 2.68 bits per heavy atom. The van der Waals surface area contributed by atoms with E-state index in [0.717, 1.165) is 0 Å². The summed E-state index contributed by atoms with van der Waals surface area (Å²) < 4.78 is 10.8. The van der Waals surface area contributed by atoms with E-state index in [2.05, 4.69) is 29.3 Å². The number of amides is 1. The monoisotopic (exact) mass is 334 g/mol. The van der Waals surface area contributed by atoms with Crippen molar-refractivity contribution in [1.29, 1.82) is 0 Å². The molecule has 8 heteroatoms. The third kappa shape index (κ3) is 7.20. The Hall–Kier alpha value is -1.18. The molecule has 0 aliphatic carbocycles. The Kier molecular flexibility index (Phi) is 9.97. The molecule has 1 aromatic rings. The van der Waals surface area contributed by atoms with E-state index in [4.69, 9.17) is 9.26 Å². The van der Waals surface area contributed by atoms with Crippen LogP contribution in [0.25, 0.3) is 0 Å². The maximum atomic E-state index is 11.8. The van der Waals surface area contributed by atoms with Gasteiger partial charge in [-0.15, -0.1) is 12.4 Å². The van der Waals surface area contributed by atoms with E-state index < -0.39 is 0 Å². The molecular weight excluding hydrogens is 308 g/mol. The average molecular weight is 335 g/mol. The number of ether oxygens (including phenoxy) is 1. The number of aromatic nitrogens is 2. The van der Waals surface area contributed by atoms with Gasteiger partial charge in [0, 0.05) is 26.6 Å². The summed E-state index contributed by atoms with van der Waals surface area (Å²) in [5.74, 6) is 1.43. The van der Waals surface area contributed by atoms with Crippen LogP contribution < -0.4 is 5.32 Å². The number of hydrogen-bond acceptors (Lipinski definition) is 6. The van der Waals surface area contributed by atoms with Crippen molar-refractivity contribution in [1.82, 2.24) is 20.4 Å². The van der Waals surface area contributed by atoms with Crippen molar-refractivity contribution < 1.29 is 14.1 Å². The first-order chi connectivity index (χ1) is 9.93. The smallest absolute Gasteiger partial charge is 0.246 e. The van der Waals surface area contributed by atoms with Crippen molar-refractivity contribution in [3.63, 3.8) is 0 Å². The summed E-state index contributed by atoms with van der Waals surface area (Å²) in [6.45, 7) is 7.66. The molecule has 0 spiro atoms. The summed E-state index contributed by atoms with van der Waals surface area (Å²) in [5, 5.41) is 6.85. The maximum Gasteiger partial charge on any atom is 0.246 e. The number of hydrogen-bond donors (Lipinski definition) is 1. The molecule has 22 heavy (non-hydrogen) atoms. The first kappa shape index (κ1) is 20.8. The molecule has 0 bridgehead atoms. The van der Waals surface area contributed by atoms with Gasteiger partial charge in [-0.25, -0.2) is 0 Å². The Morgan fingerprint density at radius 2 is 2.09 bits per heavy atom. The van der Waals surface area contributed by atoms with E-state index in [1.807, 2.05) is 14.0 Å². The van der Waals surface area contributed by atoms with Crippen molar-refractivity contribution in [3.05, 3.63) is 11.7 Å². The normalized spacial score (nSPS) is 12.1. The van der Waals surface area contributed by atoms with Gasteiger partial charge in [-0.2, -0.15) is 4.98 Å². The van der Waals surface area contributed by atoms with Crippen LogP contribution in [0.4, 0.5) is 0 Å². The van der Waals surface area contributed by atoms with E-state index in [1.165, 1.54) is 0 Å². The zero-order valence-corrected chi connectivity index (χ0v) is 14.8. The maximum absolute atomic E-state index is 11.8. The van der Waals surface area contributed by atoms with Crippen LogP contribution in [0.3, 0.4) is 0 Å². The molecule has 0 aliphatic heterocycles. The Balaban J connectivity index is 0.00000441. The van der Waals surface area contributed by atoms with Crippen LogP contribution in [-0.2, 0) is 16.1 Å². The molecule has 7 nitrogen and oxygen atoms in total. The number of carbonyl (C=O) groups is 1. The second kappa shape index (κ2) is 10.5. The van der Waals surface area contributed by atoms with E-state index >= 15 is 0 Å². The second-order valence-corrected chi connectivity index (χ2v) is 5.52. The molecule has 1 atom stereocenters. The fourth-order valence-electron chi connectivity index (χ4n) is 1.62. The molecule has 1 N–H and O–H groups in total. The first-order valence-electron chi connectivity index (χ1n) is 7.26. The number of carbonyl (C=O) groups excluding carboxylic acids is 1. The Bertz CT molecular complexity index is 439. The van der Waals surface area contributed by atoms with Crippen LogP contribution >= 0.6 is 12.4 Å². The SMILES string of the molecule is CNCCC(=O)N(C)Cc1nc(C(C)OCC(C)C)no1.Cl. The van der Waals surface area contributed by atoms with E-state index in [9.17, 15) is 4.79 Å². The minimum absolute atomic E-state index is 0. The highest BCUT2D eigenvalue weighted by atomic mass is 35.5. The molecule has 0 radical (unpaired) electrons. The number of nitrogens with zero attached hydrogens (tertiary/aromatic N) is 3. The van der Waals surface area contributed by atoms with Crippen LogP contribution in [0, 0.1) is 5.92 Å². The molecule has 0 saturated carbocycles. The summed E-state index contributed by atoms with van der Waals surface area (Å²) in [6.07, 6.45) is 0.234. The molecule has 1 aromatic heterocycles. The second-order valence-electron chi connectivity index (χ2n) is 5.52. The summed E-state index contributed by atoms with van der Waals surface area (Å²) in [4.78, 5) is 17.7. The molecule has 0 aliphatic rings. The van der Waals surface area contributed by atoms with Gasteiger partial charge >= 0.3 is 0 Å². The lowest BCUT2D eigenvalue weighted by molar-refractivity contribution is -0.130. The highest BCUT2D eigenvalue weighted by Gasteiger charge is 2.17. The molecule has 1 amide bonds. The summed E-state index contributed by atoms with van der Waals surface area (Å²) in [7, 11) is 3.54. The summed E-state index contributed by atoms with van der Waals surface area (Å²) in [6, 6.07) is 0. The quantitative estimate of drug-likeness (QED) is 0.741. The fraction of sp³-hybridized carbons (Fsp3) is 0.786. The molecule has 0 saturated heterocycles. The average Bonchev–Trinajstić information content (AvgIpc) is 2.90. The van der Waals surface area contributed by atoms with Crippen molar-refractivity contribution in [3.8, 4) is 0 Å². The van der Waals surface area contributed by atoms with Crippen LogP contribution in [0.15, 0.2) is 4.52 Å². The minimum Gasteiger partial charge on any atom is -0.370 e. The zero-order valence-electron chi connectivity index (χ0n) is 14.0. The summed E-state index contributed by atoms with van der Waals surface area (Å²) in [5.41, 5.74) is 0. The van der Waals surface area contributed by atoms with Gasteiger partial charge < -0.3 is 19.5 Å². The van der Waals surface area contributed by atoms with Gasteiger partial charge in [0.25, 0.3) is 0 Å². The lowest BCUT2D eigenvalue weighted by atomic mass is 10.2. The lowest BCUT2D eigenvalue weighted by Gasteiger charge is -2.14. The highest BCUT2D eigenvalue weighted by molar-refractivity contribution is 5.85. The number of halogens is 1. The van der Waals surface area contributed by atoms with Gasteiger partial charge in [0.1, 0.15) is 6.10 Å². The predicted molar refractivity (Wildman–Crippen MR) is 85.8 cm³/mol. The molecule has 0 fully saturated rings. The fourth-order valence-corrected chi connectivity index (χ4v) is 1.62. The lowest BCUT2D eigenvalue weighted by Crippen LogP contribution is -2.28. The van der Waals surface area contributed by atoms with Crippen molar-refractivity contribution in [2.75, 3.05) is 27.2 Å². The molecule has 1 unspecified atom stereocenters. The Morgan fingerprint density at radius 1 is 1.41 bits per heavy atom. The van der Waals surface area contributed by atoms with Crippen LogP contribution in [0.1, 0.15) is 45.0 Å². The third-order valence-corrected chi connectivity index (χ3v) is 2.91. The molecule has 1 heterocycles. The van der Waals surface area contributed by atoms with Gasteiger partial charge in [0.2, 0.25) is 11.8 Å². The van der Waals surface area contributed by atoms with Crippen LogP contribution in [0.5, 0.6) is 0 Å². The predicted octanol–water partition coefficient (Wildman–Crippen LogP) is 1.79. The number of rotatable bonds is 9. The van der Waals surface area contributed by atoms with Crippen molar-refractivity contribution >= 4 is 18.3 Å². The van der Waals surface area contributed by atoms with Gasteiger partial charge in [-0.1, -0.05) is 19.0 Å². The van der Waals surface area contributed by atoms with Gasteiger partial charge in [0.15, 0.2) is 5.82 Å². The standard InChI is InChI=1S/C14H26N4O3.ClH/c1-10(2)9-20-11(3)14-16-12(21-17-14)8-18(5)13(19)6-7-15-4;/h10-11,15H,6-9H2,1-5H3;1H. The van der Waals surface area contributed by atoms with Gasteiger partial charge in [-0.05, 0) is 19.9 Å². The first-order valence-corrected chi connectivity index (χ1v) is 7.26. The largest absolute Gasteiger partial charge is 0.370 e. The summed E-state index contributed by atoms with van der Waals surface area (Å²) >= 11 is 0. The third-order valence-electron chi connectivity index (χ3n) is 2.91. The van der Waals surface area contributed by atoms with Crippen LogP contribution in [0.2, 0.25) is 0 Å². The molecule has 0 aromatic carbocycles. The minimum atomic E-state index is -0.213. The zero-order chi connectivity index (χ0) is 15.8. The molecular formula is C14H27ClN4O3. The van der Waals surface area contributed by atoms with Crippen LogP contribution in [-0.4, -0.2) is 48.2 Å². The van der Waals surface area contributed by atoms with Gasteiger partial charge in [0.05, 0.1) is 6.54 Å².